The van der Waals surface area contributed by atoms with Crippen LogP contribution in [-0.2, 0) is 11.2 Å². The molecule has 2 rings (SSSR count). The molecule has 4 heteroatoms. The van der Waals surface area contributed by atoms with Crippen molar-refractivity contribution in [3.8, 4) is 0 Å². The van der Waals surface area contributed by atoms with Gasteiger partial charge in [-0.05, 0) is 43.0 Å². The van der Waals surface area contributed by atoms with Crippen LogP contribution in [-0.4, -0.2) is 32.3 Å². The fourth-order valence-corrected chi connectivity index (χ4v) is 2.44. The normalized spacial score (nSPS) is 18.2. The van der Waals surface area contributed by atoms with Crippen molar-refractivity contribution < 1.29 is 9.13 Å². The Balaban J connectivity index is 2.21. The molecule has 0 bridgehead atoms. The molecule has 1 unspecified atom stereocenters. The number of anilines is 1. The predicted octanol–water partition coefficient (Wildman–Crippen LogP) is 2.33. The lowest BCUT2D eigenvalue weighted by molar-refractivity contribution is 0.152. The Kier molecular flexibility index (Phi) is 5.16. The van der Waals surface area contributed by atoms with Crippen molar-refractivity contribution in [3.63, 3.8) is 0 Å². The summed E-state index contributed by atoms with van der Waals surface area (Å²) in [6.07, 6.45) is 2.64. The molecule has 0 aliphatic carbocycles. The smallest absolute Gasteiger partial charge is 0.123 e. The zero-order valence-electron chi connectivity index (χ0n) is 11.6. The van der Waals surface area contributed by atoms with Crippen LogP contribution < -0.4 is 10.6 Å². The molecule has 1 aliphatic rings. The summed E-state index contributed by atoms with van der Waals surface area (Å²) in [4.78, 5) is 2.28. The summed E-state index contributed by atoms with van der Waals surface area (Å²) in [5.74, 6) is -0.187. The summed E-state index contributed by atoms with van der Waals surface area (Å²) in [5, 5.41) is 0. The van der Waals surface area contributed by atoms with Gasteiger partial charge < -0.3 is 15.4 Å². The third-order valence-electron chi connectivity index (χ3n) is 3.61. The highest BCUT2D eigenvalue weighted by Gasteiger charge is 2.15. The minimum Gasteiger partial charge on any atom is -0.380 e. The maximum atomic E-state index is 13.5. The van der Waals surface area contributed by atoms with Gasteiger partial charge in [0.15, 0.2) is 0 Å². The molecule has 0 spiro atoms. The molecule has 1 aromatic carbocycles. The number of nitrogens with zero attached hydrogens (tertiary/aromatic N) is 1. The first-order chi connectivity index (χ1) is 9.20. The van der Waals surface area contributed by atoms with Crippen LogP contribution in [0.5, 0.6) is 0 Å². The van der Waals surface area contributed by atoms with E-state index in [1.807, 2.05) is 6.07 Å². The van der Waals surface area contributed by atoms with Gasteiger partial charge in [0, 0.05) is 31.4 Å². The molecular formula is C15H23FN2O. The Hall–Kier alpha value is -1.13. The highest BCUT2D eigenvalue weighted by atomic mass is 19.1. The molecule has 1 aliphatic heterocycles. The number of hydrogen-bond acceptors (Lipinski definition) is 3. The van der Waals surface area contributed by atoms with Crippen molar-refractivity contribution in [1.82, 2.24) is 0 Å². The Bertz CT molecular complexity index is 403. The van der Waals surface area contributed by atoms with Gasteiger partial charge in [-0.2, -0.15) is 0 Å². The first kappa shape index (κ1) is 14.3. The minimum atomic E-state index is -0.187. The van der Waals surface area contributed by atoms with Crippen LogP contribution in [0.1, 0.15) is 25.3 Å². The molecule has 0 amide bonds. The van der Waals surface area contributed by atoms with Crippen LogP contribution in [0.25, 0.3) is 0 Å². The Morgan fingerprint density at radius 3 is 3.00 bits per heavy atom. The number of halogens is 1. The number of nitrogens with two attached hydrogens (primary N) is 1. The molecule has 19 heavy (non-hydrogen) atoms. The lowest BCUT2D eigenvalue weighted by Crippen LogP contribution is -2.29. The third kappa shape index (κ3) is 3.91. The van der Waals surface area contributed by atoms with Gasteiger partial charge in [-0.1, -0.05) is 6.92 Å². The zero-order valence-corrected chi connectivity index (χ0v) is 11.6. The Morgan fingerprint density at radius 2 is 2.21 bits per heavy atom. The van der Waals surface area contributed by atoms with Crippen molar-refractivity contribution in [2.75, 3.05) is 31.2 Å². The van der Waals surface area contributed by atoms with Crippen LogP contribution in [0.4, 0.5) is 10.1 Å². The van der Waals surface area contributed by atoms with Gasteiger partial charge in [0.05, 0.1) is 6.61 Å². The second-order valence-corrected chi connectivity index (χ2v) is 5.10. The Morgan fingerprint density at radius 1 is 1.37 bits per heavy atom. The van der Waals surface area contributed by atoms with E-state index in [0.717, 1.165) is 56.8 Å². The predicted molar refractivity (Wildman–Crippen MR) is 76.0 cm³/mol. The van der Waals surface area contributed by atoms with Crippen molar-refractivity contribution in [3.05, 3.63) is 29.6 Å². The molecule has 106 valence electrons. The van der Waals surface area contributed by atoms with Gasteiger partial charge in [0.25, 0.3) is 0 Å². The summed E-state index contributed by atoms with van der Waals surface area (Å²) in [5.41, 5.74) is 8.14. The highest BCUT2D eigenvalue weighted by molar-refractivity contribution is 5.54. The van der Waals surface area contributed by atoms with Gasteiger partial charge in [-0.3, -0.25) is 0 Å². The number of ether oxygens (including phenoxy) is 1. The first-order valence-electron chi connectivity index (χ1n) is 7.07. The van der Waals surface area contributed by atoms with E-state index in [-0.39, 0.29) is 11.9 Å². The summed E-state index contributed by atoms with van der Waals surface area (Å²) in [6.45, 7) is 5.42. The van der Waals surface area contributed by atoms with Crippen LogP contribution >= 0.6 is 0 Å². The molecule has 2 N–H and O–H groups in total. The maximum Gasteiger partial charge on any atom is 0.123 e. The third-order valence-corrected chi connectivity index (χ3v) is 3.61. The van der Waals surface area contributed by atoms with Crippen molar-refractivity contribution >= 4 is 5.69 Å². The van der Waals surface area contributed by atoms with Crippen LogP contribution in [0.2, 0.25) is 0 Å². The molecule has 3 nitrogen and oxygen atoms in total. The summed E-state index contributed by atoms with van der Waals surface area (Å²) in [7, 11) is 0. The summed E-state index contributed by atoms with van der Waals surface area (Å²) < 4.78 is 18.9. The van der Waals surface area contributed by atoms with Crippen molar-refractivity contribution in [2.24, 2.45) is 5.73 Å². The molecule has 1 saturated heterocycles. The lowest BCUT2D eigenvalue weighted by Gasteiger charge is -2.26. The first-order valence-corrected chi connectivity index (χ1v) is 7.07. The van der Waals surface area contributed by atoms with E-state index in [1.165, 1.54) is 6.07 Å². The van der Waals surface area contributed by atoms with E-state index in [0.29, 0.717) is 0 Å². The average molecular weight is 266 g/mol. The van der Waals surface area contributed by atoms with Gasteiger partial charge in [-0.15, -0.1) is 0 Å². The molecule has 1 heterocycles. The average Bonchev–Trinajstić information content (AvgIpc) is 2.67. The van der Waals surface area contributed by atoms with Crippen molar-refractivity contribution in [1.29, 1.82) is 0 Å². The fraction of sp³-hybridized carbons (Fsp3) is 0.600. The SMILES string of the molecule is CCC(N)Cc1cc(F)ccc1N1CCCOCC1. The zero-order chi connectivity index (χ0) is 13.7. The van der Waals surface area contributed by atoms with E-state index in [2.05, 4.69) is 11.8 Å². The summed E-state index contributed by atoms with van der Waals surface area (Å²) in [6, 6.07) is 5.11. The Labute approximate surface area is 114 Å². The van der Waals surface area contributed by atoms with Gasteiger partial charge in [0.2, 0.25) is 0 Å². The van der Waals surface area contributed by atoms with Crippen LogP contribution in [0.3, 0.4) is 0 Å². The molecular weight excluding hydrogens is 243 g/mol. The van der Waals surface area contributed by atoms with E-state index >= 15 is 0 Å². The number of benzene rings is 1. The summed E-state index contributed by atoms with van der Waals surface area (Å²) >= 11 is 0. The molecule has 1 fully saturated rings. The number of rotatable bonds is 4. The second kappa shape index (κ2) is 6.87. The monoisotopic (exact) mass is 266 g/mol. The van der Waals surface area contributed by atoms with E-state index in [1.54, 1.807) is 6.07 Å². The van der Waals surface area contributed by atoms with E-state index in [9.17, 15) is 4.39 Å². The second-order valence-electron chi connectivity index (χ2n) is 5.10. The maximum absolute atomic E-state index is 13.5. The van der Waals surface area contributed by atoms with Gasteiger partial charge in [0.1, 0.15) is 5.82 Å². The topological polar surface area (TPSA) is 38.5 Å². The lowest BCUT2D eigenvalue weighted by atomic mass is 10.0. The van der Waals surface area contributed by atoms with Crippen molar-refractivity contribution in [2.45, 2.75) is 32.2 Å². The van der Waals surface area contributed by atoms with Crippen LogP contribution in [0, 0.1) is 5.82 Å². The molecule has 1 atom stereocenters. The van der Waals surface area contributed by atoms with Crippen LogP contribution in [0.15, 0.2) is 18.2 Å². The van der Waals surface area contributed by atoms with E-state index < -0.39 is 0 Å². The minimum absolute atomic E-state index is 0.0868. The quantitative estimate of drug-likeness (QED) is 0.909. The van der Waals surface area contributed by atoms with Gasteiger partial charge in [-0.25, -0.2) is 4.39 Å². The molecule has 0 radical (unpaired) electrons. The van der Waals surface area contributed by atoms with Gasteiger partial charge >= 0.3 is 0 Å². The molecule has 1 aromatic rings. The number of hydrogen-bond donors (Lipinski definition) is 1. The molecule has 0 saturated carbocycles. The standard InChI is InChI=1S/C15H23FN2O/c1-2-14(17)11-12-10-13(16)4-5-15(12)18-6-3-8-19-9-7-18/h4-5,10,14H,2-3,6-9,11,17H2,1H3. The van der Waals surface area contributed by atoms with E-state index in [4.69, 9.17) is 10.5 Å². The highest BCUT2D eigenvalue weighted by Crippen LogP contribution is 2.24. The molecule has 0 aromatic heterocycles. The fourth-order valence-electron chi connectivity index (χ4n) is 2.44. The largest absolute Gasteiger partial charge is 0.380 e.